The van der Waals surface area contributed by atoms with Crippen molar-refractivity contribution < 1.29 is 10.0 Å². The van der Waals surface area contributed by atoms with Crippen LogP contribution in [-0.4, -0.2) is 20.9 Å². The molecule has 0 aliphatic heterocycles. The van der Waals surface area contributed by atoms with Gasteiger partial charge in [0, 0.05) is 28.5 Å². The van der Waals surface area contributed by atoms with E-state index in [1.54, 1.807) is 4.68 Å². The van der Waals surface area contributed by atoms with Crippen LogP contribution in [0.1, 0.15) is 5.56 Å². The number of hydrogen-bond donors (Lipinski definition) is 1. The van der Waals surface area contributed by atoms with Crippen LogP contribution in [0.4, 0.5) is 5.69 Å². The first-order valence-electron chi connectivity index (χ1n) is 7.65. The Morgan fingerprint density at radius 2 is 1.56 bits per heavy atom. The van der Waals surface area contributed by atoms with Crippen LogP contribution >= 0.6 is 0 Å². The van der Waals surface area contributed by atoms with Crippen molar-refractivity contribution in [2.45, 2.75) is 0 Å². The summed E-state index contributed by atoms with van der Waals surface area (Å²) in [6.45, 7) is 0. The maximum absolute atomic E-state index is 10.9. The van der Waals surface area contributed by atoms with Gasteiger partial charge in [-0.3, -0.25) is 10.1 Å². The Hall–Kier alpha value is -3.67. The summed E-state index contributed by atoms with van der Waals surface area (Å²) in [5.41, 5.74) is 2.03. The molecule has 0 unspecified atom stereocenters. The second kappa shape index (κ2) is 5.76. The van der Waals surface area contributed by atoms with Crippen LogP contribution in [0.5, 0.6) is 5.75 Å². The summed E-state index contributed by atoms with van der Waals surface area (Å²) in [7, 11) is 0. The second-order valence-electron chi connectivity index (χ2n) is 5.59. The number of nitro groups is 1. The zero-order chi connectivity index (χ0) is 17.4. The van der Waals surface area contributed by atoms with Gasteiger partial charge in [-0.05, 0) is 18.2 Å². The first kappa shape index (κ1) is 14.9. The molecule has 1 heterocycles. The molecule has 0 fully saturated rings. The monoisotopic (exact) mass is 331 g/mol. The number of para-hydroxylation sites is 2. The highest BCUT2D eigenvalue weighted by atomic mass is 16.6. The Morgan fingerprint density at radius 3 is 2.16 bits per heavy atom. The molecule has 1 N–H and O–H groups in total. The molecular weight excluding hydrogens is 318 g/mol. The van der Waals surface area contributed by atoms with E-state index in [9.17, 15) is 15.2 Å². The van der Waals surface area contributed by atoms with Gasteiger partial charge in [0.15, 0.2) is 0 Å². The number of aromatic nitrogens is 1. The number of phenolic OH excluding ortho intramolecular Hbond substituents is 1. The van der Waals surface area contributed by atoms with Gasteiger partial charge in [0.05, 0.1) is 22.2 Å². The van der Waals surface area contributed by atoms with Gasteiger partial charge in [0.25, 0.3) is 5.69 Å². The van der Waals surface area contributed by atoms with Crippen molar-refractivity contribution in [2.24, 2.45) is 5.10 Å². The summed E-state index contributed by atoms with van der Waals surface area (Å²) in [6, 6.07) is 19.6. The van der Waals surface area contributed by atoms with Gasteiger partial charge in [0.2, 0.25) is 0 Å². The molecule has 0 radical (unpaired) electrons. The average molecular weight is 331 g/mol. The van der Waals surface area contributed by atoms with Crippen molar-refractivity contribution in [3.05, 3.63) is 82.4 Å². The average Bonchev–Trinajstić information content (AvgIpc) is 2.95. The number of aromatic hydroxyl groups is 1. The van der Waals surface area contributed by atoms with Crippen molar-refractivity contribution in [1.29, 1.82) is 0 Å². The number of benzene rings is 3. The minimum Gasteiger partial charge on any atom is -0.507 e. The van der Waals surface area contributed by atoms with E-state index < -0.39 is 4.92 Å². The number of nitrogens with zero attached hydrogens (tertiary/aromatic N) is 3. The van der Waals surface area contributed by atoms with Crippen molar-refractivity contribution in [2.75, 3.05) is 0 Å². The van der Waals surface area contributed by atoms with Gasteiger partial charge in [0.1, 0.15) is 5.75 Å². The SMILES string of the molecule is O=[N+]([O-])c1ccc(O)c(C=Nn2c3ccccc3c3ccccc32)c1. The van der Waals surface area contributed by atoms with Crippen LogP contribution in [0.3, 0.4) is 0 Å². The third-order valence-electron chi connectivity index (χ3n) is 4.09. The molecule has 4 aromatic rings. The van der Waals surface area contributed by atoms with Gasteiger partial charge in [-0.1, -0.05) is 36.4 Å². The smallest absolute Gasteiger partial charge is 0.270 e. The maximum Gasteiger partial charge on any atom is 0.270 e. The number of rotatable bonds is 3. The van der Waals surface area contributed by atoms with Crippen LogP contribution in [0.15, 0.2) is 71.8 Å². The first-order chi connectivity index (χ1) is 12.1. The third kappa shape index (κ3) is 2.49. The van der Waals surface area contributed by atoms with Gasteiger partial charge in [-0.2, -0.15) is 5.10 Å². The Bertz CT molecular complexity index is 1090. The molecule has 0 saturated heterocycles. The highest BCUT2D eigenvalue weighted by molar-refractivity contribution is 6.08. The number of fused-ring (bicyclic) bond motifs is 3. The lowest BCUT2D eigenvalue weighted by atomic mass is 10.2. The highest BCUT2D eigenvalue weighted by Gasteiger charge is 2.11. The van der Waals surface area contributed by atoms with Crippen LogP contribution in [0.25, 0.3) is 21.8 Å². The lowest BCUT2D eigenvalue weighted by Gasteiger charge is -2.01. The molecule has 25 heavy (non-hydrogen) atoms. The molecule has 0 bridgehead atoms. The van der Waals surface area contributed by atoms with Crippen LogP contribution in [0, 0.1) is 10.1 Å². The molecular formula is C19H13N3O3. The van der Waals surface area contributed by atoms with Gasteiger partial charge >= 0.3 is 0 Å². The fraction of sp³-hybridized carbons (Fsp3) is 0. The van der Waals surface area contributed by atoms with Gasteiger partial charge in [-0.15, -0.1) is 0 Å². The molecule has 0 atom stereocenters. The molecule has 0 aliphatic carbocycles. The Balaban J connectivity index is 1.90. The molecule has 0 spiro atoms. The number of hydrogen-bond acceptors (Lipinski definition) is 4. The molecule has 6 heteroatoms. The van der Waals surface area contributed by atoms with Crippen LogP contribution < -0.4 is 0 Å². The lowest BCUT2D eigenvalue weighted by molar-refractivity contribution is -0.384. The van der Waals surface area contributed by atoms with Crippen molar-refractivity contribution in [3.63, 3.8) is 0 Å². The fourth-order valence-electron chi connectivity index (χ4n) is 2.91. The van der Waals surface area contributed by atoms with Crippen molar-refractivity contribution >= 4 is 33.7 Å². The summed E-state index contributed by atoms with van der Waals surface area (Å²) >= 11 is 0. The molecule has 6 nitrogen and oxygen atoms in total. The molecule has 122 valence electrons. The van der Waals surface area contributed by atoms with Gasteiger partial charge in [-0.25, -0.2) is 4.68 Å². The molecule has 4 rings (SSSR count). The maximum atomic E-state index is 10.9. The summed E-state index contributed by atoms with van der Waals surface area (Å²) in [6.07, 6.45) is 1.43. The van der Waals surface area contributed by atoms with E-state index in [1.807, 2.05) is 48.5 Å². The van der Waals surface area contributed by atoms with Crippen LogP contribution in [0.2, 0.25) is 0 Å². The molecule has 3 aromatic carbocycles. The quantitative estimate of drug-likeness (QED) is 0.345. The largest absolute Gasteiger partial charge is 0.507 e. The minimum atomic E-state index is -0.503. The summed E-state index contributed by atoms with van der Waals surface area (Å²) in [5.74, 6) is -0.0601. The van der Waals surface area contributed by atoms with Crippen molar-refractivity contribution in [3.8, 4) is 5.75 Å². The second-order valence-corrected chi connectivity index (χ2v) is 5.59. The summed E-state index contributed by atoms with van der Waals surface area (Å²) in [4.78, 5) is 10.4. The van der Waals surface area contributed by atoms with E-state index in [4.69, 9.17) is 0 Å². The number of non-ortho nitro benzene ring substituents is 1. The molecule has 0 saturated carbocycles. The Labute approximate surface area is 142 Å². The third-order valence-corrected chi connectivity index (χ3v) is 4.09. The van der Waals surface area contributed by atoms with Gasteiger partial charge < -0.3 is 5.11 Å². The normalized spacial score (nSPS) is 11.5. The molecule has 1 aromatic heterocycles. The predicted octanol–water partition coefficient (Wildman–Crippen LogP) is 4.29. The minimum absolute atomic E-state index is 0.0601. The number of nitro benzene ring substituents is 1. The van der Waals surface area contributed by atoms with Crippen LogP contribution in [-0.2, 0) is 0 Å². The zero-order valence-electron chi connectivity index (χ0n) is 13.0. The van der Waals surface area contributed by atoms with Crippen molar-refractivity contribution in [1.82, 2.24) is 4.68 Å². The van der Waals surface area contributed by atoms with E-state index in [-0.39, 0.29) is 17.0 Å². The van der Waals surface area contributed by atoms with E-state index in [1.165, 1.54) is 24.4 Å². The van der Waals surface area contributed by atoms with E-state index in [0.29, 0.717) is 0 Å². The van der Waals surface area contributed by atoms with E-state index in [2.05, 4.69) is 5.10 Å². The Kier molecular flexibility index (Phi) is 3.43. The summed E-state index contributed by atoms with van der Waals surface area (Å²) in [5, 5.41) is 27.5. The molecule has 0 aliphatic rings. The zero-order valence-corrected chi connectivity index (χ0v) is 13.0. The molecule has 0 amide bonds. The van der Waals surface area contributed by atoms with E-state index in [0.717, 1.165) is 21.8 Å². The number of phenols is 1. The Morgan fingerprint density at radius 1 is 0.960 bits per heavy atom. The predicted molar refractivity (Wildman–Crippen MR) is 97.2 cm³/mol. The lowest BCUT2D eigenvalue weighted by Crippen LogP contribution is -1.93. The highest BCUT2D eigenvalue weighted by Crippen LogP contribution is 2.29. The standard InChI is InChI=1S/C19H13N3O3/c23-19-10-9-14(22(24)25)11-13(19)12-20-21-17-7-3-1-5-15(17)16-6-2-4-8-18(16)21/h1-12,23H. The van der Waals surface area contributed by atoms with E-state index >= 15 is 0 Å². The topological polar surface area (TPSA) is 80.7 Å². The fourth-order valence-corrected chi connectivity index (χ4v) is 2.91. The summed E-state index contributed by atoms with van der Waals surface area (Å²) < 4.78 is 1.77. The first-order valence-corrected chi connectivity index (χ1v) is 7.65.